The van der Waals surface area contributed by atoms with Crippen molar-refractivity contribution in [1.29, 1.82) is 0 Å². The molecule has 0 saturated heterocycles. The molecule has 1 aromatic carbocycles. The molecule has 0 spiro atoms. The van der Waals surface area contributed by atoms with Crippen LogP contribution in [0.5, 0.6) is 0 Å². The minimum Gasteiger partial charge on any atom is -0.393 e. The Kier molecular flexibility index (Phi) is 4.67. The molecule has 0 bridgehead atoms. The molecule has 2 aromatic heterocycles. The fraction of sp³-hybridized carbons (Fsp3) is 0.0556. The molecule has 3 rings (SSSR count). The number of para-hydroxylation sites is 1. The Morgan fingerprint density at radius 2 is 2.17 bits per heavy atom. The maximum Gasteiger partial charge on any atom is 0.257 e. The average Bonchev–Trinajstić information content (AvgIpc) is 3.07. The Hall–Kier alpha value is -2.99. The normalized spacial score (nSPS) is 12.0. The van der Waals surface area contributed by atoms with Gasteiger partial charge in [0.05, 0.1) is 11.3 Å². The van der Waals surface area contributed by atoms with Crippen LogP contribution in [0.2, 0.25) is 0 Å². The molecule has 2 heterocycles. The van der Waals surface area contributed by atoms with Gasteiger partial charge in [-0.25, -0.2) is 4.98 Å². The smallest absolute Gasteiger partial charge is 0.257 e. The van der Waals surface area contributed by atoms with Gasteiger partial charge < -0.3 is 10.3 Å². The summed E-state index contributed by atoms with van der Waals surface area (Å²) in [5, 5.41) is 6.45. The van der Waals surface area contributed by atoms with Crippen LogP contribution in [0.1, 0.15) is 5.01 Å². The van der Waals surface area contributed by atoms with Crippen LogP contribution in [-0.2, 0) is 4.79 Å². The van der Waals surface area contributed by atoms with Gasteiger partial charge in [0.15, 0.2) is 0 Å². The molecular weight excluding hydrogens is 322 g/mol. The zero-order valence-electron chi connectivity index (χ0n) is 12.9. The number of allylic oxidation sites excluding steroid dienone is 3. The fourth-order valence-electron chi connectivity index (χ4n) is 2.35. The lowest BCUT2D eigenvalue weighted by Crippen LogP contribution is -2.08. The van der Waals surface area contributed by atoms with E-state index < -0.39 is 0 Å². The number of aldehydes is 1. The van der Waals surface area contributed by atoms with Crippen LogP contribution in [0, 0.1) is 0 Å². The molecule has 120 valence electrons. The van der Waals surface area contributed by atoms with Gasteiger partial charge in [0.2, 0.25) is 0 Å². The molecule has 0 radical (unpaired) electrons. The van der Waals surface area contributed by atoms with Crippen LogP contribution in [0.25, 0.3) is 27.7 Å². The zero-order valence-corrected chi connectivity index (χ0v) is 13.8. The van der Waals surface area contributed by atoms with Crippen molar-refractivity contribution in [3.63, 3.8) is 0 Å². The molecule has 0 aliphatic rings. The number of aromatic amines is 1. The third kappa shape index (κ3) is 3.18. The predicted octanol–water partition coefficient (Wildman–Crippen LogP) is 2.97. The maximum atomic E-state index is 12.3. The number of thiazole rings is 1. The standard InChI is InChI=1S/C18H15N3O2S/c1-19-10-13(6-4-8-22)18-21-16(11-24-18)14-9-12-5-2-3-7-15(12)20-17(14)23/h2-11,19H,1H3,(H,20,23)/b6-4-,13-10+. The highest BCUT2D eigenvalue weighted by Crippen LogP contribution is 2.26. The Morgan fingerprint density at radius 1 is 1.33 bits per heavy atom. The van der Waals surface area contributed by atoms with Gasteiger partial charge in [0, 0.05) is 29.7 Å². The van der Waals surface area contributed by atoms with Crippen molar-refractivity contribution >= 4 is 34.1 Å². The number of hydrogen-bond donors (Lipinski definition) is 2. The van der Waals surface area contributed by atoms with E-state index in [9.17, 15) is 9.59 Å². The number of aromatic nitrogens is 2. The summed E-state index contributed by atoms with van der Waals surface area (Å²) in [4.78, 5) is 30.3. The number of fused-ring (bicyclic) bond motifs is 1. The van der Waals surface area contributed by atoms with E-state index in [4.69, 9.17) is 0 Å². The van der Waals surface area contributed by atoms with Gasteiger partial charge in [-0.3, -0.25) is 9.59 Å². The van der Waals surface area contributed by atoms with E-state index in [1.807, 2.05) is 35.7 Å². The second kappa shape index (κ2) is 7.06. The molecule has 0 saturated carbocycles. The predicted molar refractivity (Wildman–Crippen MR) is 97.9 cm³/mol. The number of benzene rings is 1. The Labute approximate surface area is 142 Å². The lowest BCUT2D eigenvalue weighted by molar-refractivity contribution is -0.104. The highest BCUT2D eigenvalue weighted by Gasteiger charge is 2.11. The fourth-order valence-corrected chi connectivity index (χ4v) is 3.16. The second-order valence-corrected chi connectivity index (χ2v) is 5.88. The van der Waals surface area contributed by atoms with Gasteiger partial charge in [-0.15, -0.1) is 11.3 Å². The molecule has 5 nitrogen and oxygen atoms in total. The lowest BCUT2D eigenvalue weighted by atomic mass is 10.1. The van der Waals surface area contributed by atoms with Crippen LogP contribution in [0.3, 0.4) is 0 Å². The van der Waals surface area contributed by atoms with Crippen molar-refractivity contribution in [2.45, 2.75) is 0 Å². The first-order chi connectivity index (χ1) is 11.7. The van der Waals surface area contributed by atoms with E-state index >= 15 is 0 Å². The molecule has 0 aliphatic heterocycles. The van der Waals surface area contributed by atoms with Crippen molar-refractivity contribution in [1.82, 2.24) is 15.3 Å². The Morgan fingerprint density at radius 3 is 2.96 bits per heavy atom. The molecule has 3 aromatic rings. The van der Waals surface area contributed by atoms with E-state index in [1.165, 1.54) is 17.4 Å². The molecular formula is C18H15N3O2S. The topological polar surface area (TPSA) is 74.8 Å². The van der Waals surface area contributed by atoms with Crippen molar-refractivity contribution < 1.29 is 4.79 Å². The minimum atomic E-state index is -0.173. The summed E-state index contributed by atoms with van der Waals surface area (Å²) in [7, 11) is 1.78. The van der Waals surface area contributed by atoms with Gasteiger partial charge >= 0.3 is 0 Å². The Bertz CT molecular complexity index is 999. The Balaban J connectivity index is 2.06. The SMILES string of the molecule is CN/C=C(\C=C/C=O)c1nc(-c2cc3ccccc3[nH]c2=O)cs1. The summed E-state index contributed by atoms with van der Waals surface area (Å²) < 4.78 is 0. The molecule has 24 heavy (non-hydrogen) atoms. The summed E-state index contributed by atoms with van der Waals surface area (Å²) in [6, 6.07) is 9.46. The van der Waals surface area contributed by atoms with E-state index in [2.05, 4.69) is 15.3 Å². The number of H-pyrrole nitrogens is 1. The number of hydrogen-bond acceptors (Lipinski definition) is 5. The number of carbonyl (C=O) groups is 1. The lowest BCUT2D eigenvalue weighted by Gasteiger charge is -2.01. The van der Waals surface area contributed by atoms with E-state index in [0.29, 0.717) is 17.5 Å². The summed E-state index contributed by atoms with van der Waals surface area (Å²) in [6.07, 6.45) is 5.56. The molecule has 0 aliphatic carbocycles. The van der Waals surface area contributed by atoms with Gasteiger partial charge in [0.1, 0.15) is 11.3 Å². The van der Waals surface area contributed by atoms with Crippen LogP contribution in [0.4, 0.5) is 0 Å². The first kappa shape index (κ1) is 15.9. The third-order valence-corrected chi connectivity index (χ3v) is 4.33. The summed E-state index contributed by atoms with van der Waals surface area (Å²) >= 11 is 1.42. The van der Waals surface area contributed by atoms with Crippen LogP contribution in [0.15, 0.2) is 58.9 Å². The van der Waals surface area contributed by atoms with Crippen molar-refractivity contribution in [3.05, 3.63) is 69.4 Å². The van der Waals surface area contributed by atoms with Crippen molar-refractivity contribution in [2.24, 2.45) is 0 Å². The highest BCUT2D eigenvalue weighted by atomic mass is 32.1. The largest absolute Gasteiger partial charge is 0.393 e. The van der Waals surface area contributed by atoms with Gasteiger partial charge in [0.25, 0.3) is 5.56 Å². The van der Waals surface area contributed by atoms with Crippen LogP contribution in [-0.4, -0.2) is 23.3 Å². The van der Waals surface area contributed by atoms with E-state index in [-0.39, 0.29) is 5.56 Å². The van der Waals surface area contributed by atoms with Crippen LogP contribution < -0.4 is 10.9 Å². The van der Waals surface area contributed by atoms with Crippen molar-refractivity contribution in [2.75, 3.05) is 7.05 Å². The number of carbonyl (C=O) groups excluding carboxylic acids is 1. The van der Waals surface area contributed by atoms with E-state index in [1.54, 1.807) is 19.3 Å². The molecule has 0 fully saturated rings. The highest BCUT2D eigenvalue weighted by molar-refractivity contribution is 7.11. The molecule has 0 unspecified atom stereocenters. The number of rotatable bonds is 5. The molecule has 6 heteroatoms. The third-order valence-electron chi connectivity index (χ3n) is 3.43. The summed E-state index contributed by atoms with van der Waals surface area (Å²) in [5.41, 5.74) is 2.54. The molecule has 2 N–H and O–H groups in total. The first-order valence-corrected chi connectivity index (χ1v) is 8.18. The van der Waals surface area contributed by atoms with Gasteiger partial charge in [-0.1, -0.05) is 18.2 Å². The monoisotopic (exact) mass is 337 g/mol. The van der Waals surface area contributed by atoms with Gasteiger partial charge in [-0.2, -0.15) is 0 Å². The summed E-state index contributed by atoms with van der Waals surface area (Å²) in [6.45, 7) is 0. The minimum absolute atomic E-state index is 0.173. The molecule has 0 amide bonds. The van der Waals surface area contributed by atoms with Gasteiger partial charge in [-0.05, 0) is 29.7 Å². The number of pyridine rings is 1. The first-order valence-electron chi connectivity index (χ1n) is 7.30. The quantitative estimate of drug-likeness (QED) is 0.426. The average molecular weight is 337 g/mol. The summed E-state index contributed by atoms with van der Waals surface area (Å²) in [5.74, 6) is 0. The second-order valence-electron chi connectivity index (χ2n) is 5.02. The number of nitrogens with one attached hydrogen (secondary N) is 2. The van der Waals surface area contributed by atoms with E-state index in [0.717, 1.165) is 21.5 Å². The van der Waals surface area contributed by atoms with Crippen LogP contribution >= 0.6 is 11.3 Å². The maximum absolute atomic E-state index is 12.3. The van der Waals surface area contributed by atoms with Crippen molar-refractivity contribution in [3.8, 4) is 11.3 Å². The zero-order chi connectivity index (χ0) is 16.9. The molecule has 0 atom stereocenters. The number of nitrogens with zero attached hydrogens (tertiary/aromatic N) is 1.